The molecule has 4 bridgehead atoms. The molecule has 0 spiro atoms. The second-order valence-electron chi connectivity index (χ2n) is 8.31. The zero-order valence-corrected chi connectivity index (χ0v) is 16.5. The van der Waals surface area contributed by atoms with Gasteiger partial charge in [-0.05, 0) is 40.4 Å². The minimum Gasteiger partial charge on any atom is -0.410 e. The lowest BCUT2D eigenvalue weighted by atomic mass is 9.98. The average Bonchev–Trinajstić information content (AvgIpc) is 2.51. The van der Waals surface area contributed by atoms with E-state index in [0.29, 0.717) is 0 Å². The van der Waals surface area contributed by atoms with Gasteiger partial charge in [0.25, 0.3) is 0 Å². The predicted molar refractivity (Wildman–Crippen MR) is 107 cm³/mol. The summed E-state index contributed by atoms with van der Waals surface area (Å²) in [5.41, 5.74) is 5.09. The smallest absolute Gasteiger partial charge is 0.192 e. The topological polar surface area (TPSA) is 9.23 Å². The Morgan fingerprint density at radius 2 is 1.33 bits per heavy atom. The Bertz CT molecular complexity index is 718. The summed E-state index contributed by atoms with van der Waals surface area (Å²) in [5, 5.41) is 0.212. The van der Waals surface area contributed by atoms with E-state index in [1.165, 1.54) is 22.3 Å². The van der Waals surface area contributed by atoms with E-state index in [4.69, 9.17) is 4.43 Å². The van der Waals surface area contributed by atoms with Crippen LogP contribution in [0.5, 0.6) is 0 Å². The molecule has 4 aliphatic rings. The fourth-order valence-electron chi connectivity index (χ4n) is 2.75. The van der Waals surface area contributed by atoms with E-state index < -0.39 is 8.32 Å². The largest absolute Gasteiger partial charge is 0.410 e. The van der Waals surface area contributed by atoms with Crippen molar-refractivity contribution in [3.8, 4) is 0 Å². The van der Waals surface area contributed by atoms with Crippen LogP contribution < -0.4 is 0 Å². The molecule has 2 aromatic carbocycles. The first-order chi connectivity index (χ1) is 11.2. The van der Waals surface area contributed by atoms with Crippen LogP contribution in [0.3, 0.4) is 0 Å². The van der Waals surface area contributed by atoms with E-state index in [9.17, 15) is 0 Å². The Morgan fingerprint density at radius 1 is 0.833 bits per heavy atom. The molecule has 1 atom stereocenters. The van der Waals surface area contributed by atoms with E-state index in [1.807, 2.05) is 0 Å². The summed E-state index contributed by atoms with van der Waals surface area (Å²) in [5.74, 6) is 0. The second kappa shape index (κ2) is 6.34. The summed E-state index contributed by atoms with van der Waals surface area (Å²) >= 11 is 0. The summed E-state index contributed by atoms with van der Waals surface area (Å²) in [6.07, 6.45) is 5.39. The molecule has 0 saturated heterocycles. The lowest BCUT2D eigenvalue weighted by molar-refractivity contribution is 0.184. The van der Waals surface area contributed by atoms with E-state index >= 15 is 0 Å². The Kier molecular flexibility index (Phi) is 4.54. The summed E-state index contributed by atoms with van der Waals surface area (Å²) in [6, 6.07) is 17.7. The first-order valence-corrected chi connectivity index (χ1v) is 11.7. The zero-order valence-electron chi connectivity index (χ0n) is 15.5. The van der Waals surface area contributed by atoms with Crippen molar-refractivity contribution in [3.05, 3.63) is 70.8 Å². The van der Waals surface area contributed by atoms with E-state index in [1.54, 1.807) is 0 Å². The van der Waals surface area contributed by atoms with Gasteiger partial charge in [-0.25, -0.2) is 0 Å². The fourth-order valence-corrected chi connectivity index (χ4v) is 4.04. The molecule has 0 fully saturated rings. The molecule has 0 saturated carbocycles. The van der Waals surface area contributed by atoms with Crippen molar-refractivity contribution in [2.45, 2.75) is 51.4 Å². The van der Waals surface area contributed by atoms with Crippen molar-refractivity contribution < 1.29 is 4.43 Å². The van der Waals surface area contributed by atoms with Gasteiger partial charge >= 0.3 is 0 Å². The molecule has 2 aromatic rings. The van der Waals surface area contributed by atoms with Crippen molar-refractivity contribution in [1.29, 1.82) is 0 Å². The molecule has 0 aromatic heterocycles. The van der Waals surface area contributed by atoms with Crippen LogP contribution in [0.15, 0.2) is 48.5 Å². The molecule has 4 aliphatic carbocycles. The summed E-state index contributed by atoms with van der Waals surface area (Å²) < 4.78 is 6.80. The molecular formula is C22H28OSi. The average molecular weight is 337 g/mol. The van der Waals surface area contributed by atoms with Crippen LogP contribution in [0.1, 0.15) is 49.1 Å². The maximum absolute atomic E-state index is 6.80. The van der Waals surface area contributed by atoms with Gasteiger partial charge in [0, 0.05) is 6.42 Å². The maximum atomic E-state index is 6.80. The molecule has 0 N–H and O–H groups in total. The Morgan fingerprint density at radius 3 is 1.83 bits per heavy atom. The van der Waals surface area contributed by atoms with Gasteiger partial charge in [-0.3, -0.25) is 0 Å². The number of hydrogen-bond acceptors (Lipinski definition) is 1. The van der Waals surface area contributed by atoms with Crippen LogP contribution in [0.4, 0.5) is 0 Å². The number of hydrogen-bond donors (Lipinski definition) is 0. The molecule has 0 amide bonds. The van der Waals surface area contributed by atoms with Crippen LogP contribution in [0.25, 0.3) is 12.2 Å². The summed E-state index contributed by atoms with van der Waals surface area (Å²) in [7, 11) is -1.83. The molecule has 1 nitrogen and oxygen atoms in total. The van der Waals surface area contributed by atoms with Gasteiger partial charge in [-0.15, -0.1) is 0 Å². The molecule has 0 heterocycles. The lowest BCUT2D eigenvalue weighted by Crippen LogP contribution is -2.42. The highest BCUT2D eigenvalue weighted by Gasteiger charge is 2.39. The van der Waals surface area contributed by atoms with Crippen molar-refractivity contribution >= 4 is 20.5 Å². The summed E-state index contributed by atoms with van der Waals surface area (Å²) in [4.78, 5) is 0. The van der Waals surface area contributed by atoms with Gasteiger partial charge < -0.3 is 4.43 Å². The fraction of sp³-hybridized carbons (Fsp3) is 0.364. The predicted octanol–water partition coefficient (Wildman–Crippen LogP) is 6.48. The normalized spacial score (nSPS) is 19.0. The van der Waals surface area contributed by atoms with Crippen LogP contribution >= 0.6 is 0 Å². The van der Waals surface area contributed by atoms with Crippen LogP contribution in [-0.2, 0) is 10.8 Å². The van der Waals surface area contributed by atoms with Crippen LogP contribution in [-0.4, -0.2) is 8.32 Å². The second-order valence-corrected chi connectivity index (χ2v) is 13.1. The molecule has 0 aliphatic heterocycles. The van der Waals surface area contributed by atoms with Gasteiger partial charge in [-0.2, -0.15) is 0 Å². The third-order valence-electron chi connectivity index (χ3n) is 5.42. The van der Waals surface area contributed by atoms with E-state index in [2.05, 4.69) is 94.5 Å². The Hall–Kier alpha value is -1.64. The minimum absolute atomic E-state index is 0.120. The Balaban J connectivity index is 2.01. The molecule has 2 heteroatoms. The molecule has 0 radical (unpaired) electrons. The number of rotatable bonds is 2. The molecular weight excluding hydrogens is 308 g/mol. The maximum Gasteiger partial charge on any atom is 0.192 e. The van der Waals surface area contributed by atoms with E-state index in [-0.39, 0.29) is 11.1 Å². The van der Waals surface area contributed by atoms with Crippen molar-refractivity contribution in [3.63, 3.8) is 0 Å². The third-order valence-corrected chi connectivity index (χ3v) is 9.91. The lowest BCUT2D eigenvalue weighted by Gasteiger charge is -2.39. The molecule has 126 valence electrons. The van der Waals surface area contributed by atoms with Crippen molar-refractivity contribution in [2.75, 3.05) is 0 Å². The van der Waals surface area contributed by atoms with E-state index in [0.717, 1.165) is 6.42 Å². The van der Waals surface area contributed by atoms with Crippen molar-refractivity contribution in [2.24, 2.45) is 0 Å². The quantitative estimate of drug-likeness (QED) is 0.571. The molecule has 24 heavy (non-hydrogen) atoms. The standard InChI is InChI=1S/C22H28OSi/c1-22(2,3)24(4,5)23-21-16-19-10-8-17(9-11-19)6-7-18-12-14-20(21)15-13-18/h6-15,21H,16H2,1-5H3/b7-6-. The first-order valence-electron chi connectivity index (χ1n) is 8.79. The number of benzene rings is 2. The molecule has 6 rings (SSSR count). The summed E-state index contributed by atoms with van der Waals surface area (Å²) in [6.45, 7) is 11.6. The highest BCUT2D eigenvalue weighted by Crippen LogP contribution is 2.40. The van der Waals surface area contributed by atoms with Crippen LogP contribution in [0, 0.1) is 0 Å². The van der Waals surface area contributed by atoms with Gasteiger partial charge in [0.1, 0.15) is 0 Å². The molecule has 1 unspecified atom stereocenters. The van der Waals surface area contributed by atoms with Crippen molar-refractivity contribution in [1.82, 2.24) is 0 Å². The monoisotopic (exact) mass is 336 g/mol. The van der Waals surface area contributed by atoms with Gasteiger partial charge in [0.05, 0.1) is 6.10 Å². The van der Waals surface area contributed by atoms with Gasteiger partial charge in [0.2, 0.25) is 0 Å². The van der Waals surface area contributed by atoms with Crippen LogP contribution in [0.2, 0.25) is 18.1 Å². The zero-order chi connectivity index (χ0) is 17.4. The van der Waals surface area contributed by atoms with Gasteiger partial charge in [-0.1, -0.05) is 81.5 Å². The SMILES string of the molecule is CC(C)(C)[Si](C)(C)OC1Cc2ccc(cc2)/C=C\c2ccc1cc2. The highest BCUT2D eigenvalue weighted by atomic mass is 28.4. The Labute approximate surface area is 147 Å². The highest BCUT2D eigenvalue weighted by molar-refractivity contribution is 6.74. The van der Waals surface area contributed by atoms with Gasteiger partial charge in [0.15, 0.2) is 8.32 Å². The first kappa shape index (κ1) is 17.2. The minimum atomic E-state index is -1.83. The third kappa shape index (κ3) is 3.71.